The topological polar surface area (TPSA) is 40.9 Å². The maximum absolute atomic E-state index is 12.3. The van der Waals surface area contributed by atoms with Crippen LogP contribution in [0.3, 0.4) is 0 Å². The lowest BCUT2D eigenvalue weighted by Crippen LogP contribution is -2.46. The lowest BCUT2D eigenvalue weighted by atomic mass is 10.2. The maximum Gasteiger partial charge on any atom is 0.258 e. The molecule has 1 aliphatic rings. The van der Waals surface area contributed by atoms with Crippen molar-refractivity contribution in [1.82, 2.24) is 14.3 Å². The summed E-state index contributed by atoms with van der Waals surface area (Å²) >= 11 is 5.96. The summed E-state index contributed by atoms with van der Waals surface area (Å²) in [7, 11) is 0. The van der Waals surface area contributed by atoms with Gasteiger partial charge in [-0.25, -0.2) is 4.98 Å². The number of aromatic nitrogens is 2. The highest BCUT2D eigenvalue weighted by Gasteiger charge is 2.18. The van der Waals surface area contributed by atoms with Gasteiger partial charge in [-0.1, -0.05) is 23.7 Å². The molecule has 0 N–H and O–H groups in total. The Bertz CT molecular complexity index is 993. The van der Waals surface area contributed by atoms with E-state index in [0.29, 0.717) is 17.2 Å². The van der Waals surface area contributed by atoms with Crippen LogP contribution in [0.1, 0.15) is 11.3 Å². The van der Waals surface area contributed by atoms with Crippen LogP contribution >= 0.6 is 11.6 Å². The Kier molecular flexibility index (Phi) is 4.66. The van der Waals surface area contributed by atoms with Crippen molar-refractivity contribution < 1.29 is 0 Å². The molecule has 3 aromatic rings. The first-order valence-corrected chi connectivity index (χ1v) is 9.18. The summed E-state index contributed by atoms with van der Waals surface area (Å²) < 4.78 is 1.49. The lowest BCUT2D eigenvalue weighted by molar-refractivity contribution is 0.247. The molecule has 2 aromatic heterocycles. The minimum absolute atomic E-state index is 0.0918. The van der Waals surface area contributed by atoms with Crippen molar-refractivity contribution in [2.45, 2.75) is 13.5 Å². The number of aryl methyl sites for hydroxylation is 1. The second-order valence-corrected chi connectivity index (χ2v) is 7.20. The fourth-order valence-electron chi connectivity index (χ4n) is 3.43. The molecule has 134 valence electrons. The fourth-order valence-corrected chi connectivity index (χ4v) is 3.59. The van der Waals surface area contributed by atoms with Crippen molar-refractivity contribution in [2.75, 3.05) is 31.1 Å². The van der Waals surface area contributed by atoms with E-state index in [1.165, 1.54) is 15.7 Å². The molecule has 1 aliphatic heterocycles. The molecule has 1 aromatic carbocycles. The van der Waals surface area contributed by atoms with Crippen molar-refractivity contribution in [3.05, 3.63) is 75.3 Å². The predicted octanol–water partition coefficient (Wildman–Crippen LogP) is 2.98. The molecule has 6 heteroatoms. The molecular weight excluding hydrogens is 348 g/mol. The first-order chi connectivity index (χ1) is 12.6. The van der Waals surface area contributed by atoms with Gasteiger partial charge in [-0.15, -0.1) is 0 Å². The first-order valence-electron chi connectivity index (χ1n) is 8.80. The molecule has 0 bridgehead atoms. The Morgan fingerprint density at radius 2 is 1.88 bits per heavy atom. The normalized spacial score (nSPS) is 15.5. The van der Waals surface area contributed by atoms with E-state index in [0.717, 1.165) is 31.9 Å². The highest BCUT2D eigenvalue weighted by atomic mass is 35.5. The van der Waals surface area contributed by atoms with E-state index in [4.69, 9.17) is 11.6 Å². The minimum Gasteiger partial charge on any atom is -0.369 e. The molecule has 4 rings (SSSR count). The average Bonchev–Trinajstić information content (AvgIpc) is 2.63. The molecule has 0 radical (unpaired) electrons. The van der Waals surface area contributed by atoms with Crippen LogP contribution in [-0.4, -0.2) is 40.5 Å². The van der Waals surface area contributed by atoms with Crippen molar-refractivity contribution in [1.29, 1.82) is 0 Å². The Hall–Kier alpha value is -2.37. The number of hydrogen-bond donors (Lipinski definition) is 0. The van der Waals surface area contributed by atoms with Crippen molar-refractivity contribution in [3.8, 4) is 0 Å². The molecule has 26 heavy (non-hydrogen) atoms. The van der Waals surface area contributed by atoms with Crippen LogP contribution in [0.15, 0.2) is 53.5 Å². The lowest BCUT2D eigenvalue weighted by Gasteiger charge is -2.36. The number of benzene rings is 1. The van der Waals surface area contributed by atoms with Crippen LogP contribution in [0.5, 0.6) is 0 Å². The molecule has 1 saturated heterocycles. The monoisotopic (exact) mass is 368 g/mol. The van der Waals surface area contributed by atoms with Crippen LogP contribution in [0.25, 0.3) is 5.65 Å². The van der Waals surface area contributed by atoms with Crippen LogP contribution in [0.4, 0.5) is 5.69 Å². The number of halogens is 1. The van der Waals surface area contributed by atoms with Gasteiger partial charge in [0.2, 0.25) is 0 Å². The number of rotatable bonds is 3. The third kappa shape index (κ3) is 3.59. The molecule has 0 unspecified atom stereocenters. The van der Waals surface area contributed by atoms with E-state index in [9.17, 15) is 4.79 Å². The average molecular weight is 369 g/mol. The van der Waals surface area contributed by atoms with Gasteiger partial charge >= 0.3 is 0 Å². The van der Waals surface area contributed by atoms with Crippen molar-refractivity contribution in [3.63, 3.8) is 0 Å². The Balaban J connectivity index is 1.45. The summed E-state index contributed by atoms with van der Waals surface area (Å²) in [4.78, 5) is 21.7. The van der Waals surface area contributed by atoms with Gasteiger partial charge in [0.1, 0.15) is 5.65 Å². The zero-order valence-electron chi connectivity index (χ0n) is 14.7. The van der Waals surface area contributed by atoms with E-state index in [1.807, 2.05) is 0 Å². The number of hydrogen-bond acceptors (Lipinski definition) is 4. The summed E-state index contributed by atoms with van der Waals surface area (Å²) in [5.41, 5.74) is 3.91. The smallest absolute Gasteiger partial charge is 0.258 e. The van der Waals surface area contributed by atoms with Gasteiger partial charge in [0.05, 0.1) is 10.7 Å². The van der Waals surface area contributed by atoms with Crippen LogP contribution in [-0.2, 0) is 6.54 Å². The molecule has 0 spiro atoms. The molecular formula is C20H21ClN4O. The summed E-state index contributed by atoms with van der Waals surface area (Å²) in [6.07, 6.45) is 1.61. The van der Waals surface area contributed by atoms with E-state index >= 15 is 0 Å². The Morgan fingerprint density at radius 1 is 1.08 bits per heavy atom. The summed E-state index contributed by atoms with van der Waals surface area (Å²) in [6.45, 7) is 6.68. The predicted molar refractivity (Wildman–Crippen MR) is 105 cm³/mol. The Morgan fingerprint density at radius 3 is 2.65 bits per heavy atom. The van der Waals surface area contributed by atoms with Gasteiger partial charge in [-0.3, -0.25) is 14.1 Å². The maximum atomic E-state index is 12.3. The van der Waals surface area contributed by atoms with Crippen molar-refractivity contribution >= 4 is 22.9 Å². The minimum atomic E-state index is -0.0918. The van der Waals surface area contributed by atoms with Gasteiger partial charge in [-0.2, -0.15) is 0 Å². The molecule has 3 heterocycles. The third-order valence-electron chi connectivity index (χ3n) is 4.80. The quantitative estimate of drug-likeness (QED) is 0.712. The SMILES string of the molecule is Cc1cccc(N2CCN(Cc3cc(=O)n4cc(Cl)ccc4n3)CC2)c1. The zero-order chi connectivity index (χ0) is 18.1. The number of fused-ring (bicyclic) bond motifs is 1. The largest absolute Gasteiger partial charge is 0.369 e. The van der Waals surface area contributed by atoms with Gasteiger partial charge in [0, 0.05) is 50.7 Å². The molecule has 0 atom stereocenters. The Labute approximate surface area is 157 Å². The number of nitrogens with zero attached hydrogens (tertiary/aromatic N) is 4. The van der Waals surface area contributed by atoms with Crippen LogP contribution in [0.2, 0.25) is 5.02 Å². The zero-order valence-corrected chi connectivity index (χ0v) is 15.5. The second-order valence-electron chi connectivity index (χ2n) is 6.76. The standard InChI is InChI=1S/C20H21ClN4O/c1-15-3-2-4-18(11-15)24-9-7-23(8-10-24)14-17-12-20(26)25-13-16(21)5-6-19(25)22-17/h2-6,11-13H,7-10,14H2,1H3. The van der Waals surface area contributed by atoms with Crippen LogP contribution < -0.4 is 10.5 Å². The van der Waals surface area contributed by atoms with Crippen molar-refractivity contribution in [2.24, 2.45) is 0 Å². The van der Waals surface area contributed by atoms with E-state index in [2.05, 4.69) is 46.0 Å². The van der Waals surface area contributed by atoms with Crippen LogP contribution in [0, 0.1) is 6.92 Å². The van der Waals surface area contributed by atoms with E-state index in [1.54, 1.807) is 24.4 Å². The first kappa shape index (κ1) is 17.1. The third-order valence-corrected chi connectivity index (χ3v) is 5.02. The summed E-state index contributed by atoms with van der Waals surface area (Å²) in [6, 6.07) is 13.8. The fraction of sp³-hybridized carbons (Fsp3) is 0.300. The molecule has 1 fully saturated rings. The summed E-state index contributed by atoms with van der Waals surface area (Å²) in [5, 5.41) is 0.529. The number of piperazine rings is 1. The second kappa shape index (κ2) is 7.09. The van der Waals surface area contributed by atoms with Gasteiger partial charge in [0.25, 0.3) is 5.56 Å². The van der Waals surface area contributed by atoms with Gasteiger partial charge < -0.3 is 4.90 Å². The summed E-state index contributed by atoms with van der Waals surface area (Å²) in [5.74, 6) is 0. The van der Waals surface area contributed by atoms with E-state index < -0.39 is 0 Å². The number of anilines is 1. The van der Waals surface area contributed by atoms with Gasteiger partial charge in [-0.05, 0) is 36.8 Å². The number of pyridine rings is 1. The molecule has 5 nitrogen and oxygen atoms in total. The highest BCUT2D eigenvalue weighted by Crippen LogP contribution is 2.18. The van der Waals surface area contributed by atoms with Gasteiger partial charge in [0.15, 0.2) is 0 Å². The molecule has 0 saturated carbocycles. The van der Waals surface area contributed by atoms with E-state index in [-0.39, 0.29) is 5.56 Å². The molecule has 0 amide bonds. The molecule has 0 aliphatic carbocycles. The highest BCUT2D eigenvalue weighted by molar-refractivity contribution is 6.30.